The Labute approximate surface area is 92.0 Å². The Morgan fingerprint density at radius 2 is 2.29 bits per heavy atom. The van der Waals surface area contributed by atoms with Gasteiger partial charge < -0.3 is 9.88 Å². The molecule has 1 fully saturated rings. The summed E-state index contributed by atoms with van der Waals surface area (Å²) in [4.78, 5) is 4.64. The molecule has 0 aromatic carbocycles. The lowest BCUT2D eigenvalue weighted by atomic mass is 10.2. The normalized spacial score (nSPS) is 26.3. The minimum atomic E-state index is 0.429. The molecule has 2 aliphatic rings. The second-order valence-corrected chi connectivity index (χ2v) is 5.00. The monoisotopic (exact) mass is 255 g/mol. The summed E-state index contributed by atoms with van der Waals surface area (Å²) < 4.78 is 3.45. The van der Waals surface area contributed by atoms with Crippen molar-refractivity contribution in [1.29, 1.82) is 0 Å². The maximum atomic E-state index is 4.64. The molecule has 2 heterocycles. The predicted octanol–water partition coefficient (Wildman–Crippen LogP) is 2.19. The fourth-order valence-electron chi connectivity index (χ4n) is 2.24. The van der Waals surface area contributed by atoms with Crippen molar-refractivity contribution in [3.63, 3.8) is 0 Å². The SMILES string of the molecule is CC1NCCn2c(C3CC3)nc(Br)c21. The fourth-order valence-corrected chi connectivity index (χ4v) is 2.98. The molecule has 3 rings (SSSR count). The van der Waals surface area contributed by atoms with Gasteiger partial charge in [-0.05, 0) is 35.7 Å². The smallest absolute Gasteiger partial charge is 0.129 e. The Hall–Kier alpha value is -0.350. The van der Waals surface area contributed by atoms with Gasteiger partial charge in [-0.1, -0.05) is 0 Å². The molecule has 0 saturated heterocycles. The van der Waals surface area contributed by atoms with Gasteiger partial charge >= 0.3 is 0 Å². The Morgan fingerprint density at radius 3 is 3.00 bits per heavy atom. The second-order valence-electron chi connectivity index (χ2n) is 4.25. The summed E-state index contributed by atoms with van der Waals surface area (Å²) in [6, 6.07) is 0.429. The van der Waals surface area contributed by atoms with Crippen LogP contribution in [0.2, 0.25) is 0 Å². The molecule has 1 N–H and O–H groups in total. The quantitative estimate of drug-likeness (QED) is 0.834. The first-order valence-corrected chi connectivity index (χ1v) is 6.06. The number of hydrogen-bond acceptors (Lipinski definition) is 2. The van der Waals surface area contributed by atoms with Crippen LogP contribution in [-0.4, -0.2) is 16.1 Å². The molecular formula is C10H14BrN3. The highest BCUT2D eigenvalue weighted by Crippen LogP contribution is 2.42. The predicted molar refractivity (Wildman–Crippen MR) is 58.3 cm³/mol. The average molecular weight is 256 g/mol. The zero-order valence-corrected chi connectivity index (χ0v) is 9.84. The van der Waals surface area contributed by atoms with Crippen molar-refractivity contribution in [3.05, 3.63) is 16.1 Å². The van der Waals surface area contributed by atoms with Crippen LogP contribution in [0.15, 0.2) is 4.60 Å². The summed E-state index contributed by atoms with van der Waals surface area (Å²) >= 11 is 3.57. The Bertz CT molecular complexity index is 368. The first-order chi connectivity index (χ1) is 6.77. The van der Waals surface area contributed by atoms with E-state index in [-0.39, 0.29) is 0 Å². The van der Waals surface area contributed by atoms with Gasteiger partial charge in [-0.25, -0.2) is 4.98 Å². The van der Waals surface area contributed by atoms with Gasteiger partial charge in [0, 0.05) is 25.0 Å². The number of hydrogen-bond donors (Lipinski definition) is 1. The van der Waals surface area contributed by atoms with Crippen molar-refractivity contribution in [2.75, 3.05) is 6.54 Å². The molecule has 1 aromatic heterocycles. The third-order valence-corrected chi connectivity index (χ3v) is 3.71. The first-order valence-electron chi connectivity index (χ1n) is 5.26. The summed E-state index contributed by atoms with van der Waals surface area (Å²) in [6.07, 6.45) is 2.65. The van der Waals surface area contributed by atoms with E-state index < -0.39 is 0 Å². The summed E-state index contributed by atoms with van der Waals surface area (Å²) in [7, 11) is 0. The van der Waals surface area contributed by atoms with E-state index in [9.17, 15) is 0 Å². The Kier molecular flexibility index (Phi) is 1.96. The molecule has 1 saturated carbocycles. The Balaban J connectivity index is 2.11. The molecule has 3 nitrogen and oxygen atoms in total. The number of nitrogens with one attached hydrogen (secondary N) is 1. The molecule has 14 heavy (non-hydrogen) atoms. The lowest BCUT2D eigenvalue weighted by Gasteiger charge is -2.24. The van der Waals surface area contributed by atoms with Crippen LogP contribution in [0.1, 0.15) is 43.2 Å². The third kappa shape index (κ3) is 1.24. The number of halogens is 1. The first kappa shape index (κ1) is 8.92. The number of nitrogens with zero attached hydrogens (tertiary/aromatic N) is 2. The number of rotatable bonds is 1. The highest BCUT2D eigenvalue weighted by molar-refractivity contribution is 9.10. The van der Waals surface area contributed by atoms with Gasteiger partial charge in [0.05, 0.1) is 5.69 Å². The van der Waals surface area contributed by atoms with Crippen LogP contribution in [0, 0.1) is 0 Å². The highest BCUT2D eigenvalue weighted by atomic mass is 79.9. The molecule has 1 aromatic rings. The maximum Gasteiger partial charge on any atom is 0.129 e. The van der Waals surface area contributed by atoms with Crippen molar-refractivity contribution in [2.45, 2.75) is 38.3 Å². The van der Waals surface area contributed by atoms with E-state index in [1.165, 1.54) is 24.4 Å². The molecule has 76 valence electrons. The minimum Gasteiger partial charge on any atom is -0.328 e. The van der Waals surface area contributed by atoms with Crippen molar-refractivity contribution in [2.24, 2.45) is 0 Å². The van der Waals surface area contributed by atoms with Crippen molar-refractivity contribution < 1.29 is 0 Å². The van der Waals surface area contributed by atoms with Gasteiger partial charge in [-0.3, -0.25) is 0 Å². The van der Waals surface area contributed by atoms with Gasteiger partial charge in [-0.2, -0.15) is 0 Å². The van der Waals surface area contributed by atoms with Gasteiger partial charge in [0.1, 0.15) is 10.4 Å². The summed E-state index contributed by atoms with van der Waals surface area (Å²) in [5.74, 6) is 2.05. The van der Waals surface area contributed by atoms with E-state index in [2.05, 4.69) is 37.7 Å². The van der Waals surface area contributed by atoms with Crippen LogP contribution in [0.4, 0.5) is 0 Å². The zero-order valence-electron chi connectivity index (χ0n) is 8.26. The molecule has 1 aliphatic heterocycles. The van der Waals surface area contributed by atoms with Gasteiger partial charge in [-0.15, -0.1) is 0 Å². The van der Waals surface area contributed by atoms with Gasteiger partial charge in [0.15, 0.2) is 0 Å². The lowest BCUT2D eigenvalue weighted by Crippen LogP contribution is -2.32. The van der Waals surface area contributed by atoms with Crippen LogP contribution in [0.25, 0.3) is 0 Å². The molecular weight excluding hydrogens is 242 g/mol. The molecule has 0 bridgehead atoms. The molecule has 1 unspecified atom stereocenters. The molecule has 1 atom stereocenters. The van der Waals surface area contributed by atoms with Crippen molar-refractivity contribution in [1.82, 2.24) is 14.9 Å². The van der Waals surface area contributed by atoms with Crippen LogP contribution < -0.4 is 5.32 Å². The largest absolute Gasteiger partial charge is 0.328 e. The van der Waals surface area contributed by atoms with Gasteiger partial charge in [0.25, 0.3) is 0 Å². The average Bonchev–Trinajstić information content (AvgIpc) is 2.93. The second kappa shape index (κ2) is 3.07. The van der Waals surface area contributed by atoms with Crippen LogP contribution in [-0.2, 0) is 6.54 Å². The van der Waals surface area contributed by atoms with Crippen molar-refractivity contribution in [3.8, 4) is 0 Å². The number of fused-ring (bicyclic) bond motifs is 1. The maximum absolute atomic E-state index is 4.64. The highest BCUT2D eigenvalue weighted by Gasteiger charge is 2.32. The standard InChI is InChI=1S/C10H14BrN3/c1-6-8-9(11)13-10(7-2-3-7)14(8)5-4-12-6/h6-7,12H,2-5H2,1H3. The summed E-state index contributed by atoms with van der Waals surface area (Å²) in [5.41, 5.74) is 1.33. The lowest BCUT2D eigenvalue weighted by molar-refractivity contribution is 0.438. The Morgan fingerprint density at radius 1 is 1.50 bits per heavy atom. The van der Waals surface area contributed by atoms with E-state index >= 15 is 0 Å². The van der Waals surface area contributed by atoms with Gasteiger partial charge in [0.2, 0.25) is 0 Å². The van der Waals surface area contributed by atoms with Crippen molar-refractivity contribution >= 4 is 15.9 Å². The van der Waals surface area contributed by atoms with Crippen LogP contribution in [0.3, 0.4) is 0 Å². The molecule has 0 radical (unpaired) electrons. The van der Waals surface area contributed by atoms with Crippen LogP contribution >= 0.6 is 15.9 Å². The topological polar surface area (TPSA) is 29.9 Å². The molecule has 1 aliphatic carbocycles. The third-order valence-electron chi connectivity index (χ3n) is 3.13. The van der Waals surface area contributed by atoms with E-state index in [0.29, 0.717) is 6.04 Å². The summed E-state index contributed by atoms with van der Waals surface area (Å²) in [6.45, 7) is 4.34. The van der Waals surface area contributed by atoms with E-state index in [1.807, 2.05) is 0 Å². The fraction of sp³-hybridized carbons (Fsp3) is 0.700. The van der Waals surface area contributed by atoms with E-state index in [4.69, 9.17) is 0 Å². The molecule has 4 heteroatoms. The minimum absolute atomic E-state index is 0.429. The van der Waals surface area contributed by atoms with Crippen LogP contribution in [0.5, 0.6) is 0 Å². The molecule has 0 spiro atoms. The van der Waals surface area contributed by atoms with E-state index in [1.54, 1.807) is 0 Å². The molecule has 0 amide bonds. The number of imidazole rings is 1. The summed E-state index contributed by atoms with van der Waals surface area (Å²) in [5, 5.41) is 3.46. The number of aromatic nitrogens is 2. The van der Waals surface area contributed by atoms with E-state index in [0.717, 1.165) is 23.6 Å². The zero-order chi connectivity index (χ0) is 9.71.